The quantitative estimate of drug-likeness (QED) is 0.177. The average molecular weight is 542 g/mol. The van der Waals surface area contributed by atoms with Gasteiger partial charge in [0.1, 0.15) is 0 Å². The van der Waals surface area contributed by atoms with Crippen LogP contribution >= 0.6 is 24.0 Å². The molecule has 31 heavy (non-hydrogen) atoms. The topological polar surface area (TPSA) is 83.0 Å². The van der Waals surface area contributed by atoms with Gasteiger partial charge >= 0.3 is 0 Å². The van der Waals surface area contributed by atoms with Crippen molar-refractivity contribution in [1.82, 2.24) is 15.5 Å². The summed E-state index contributed by atoms with van der Waals surface area (Å²) in [5, 5.41) is 6.93. The summed E-state index contributed by atoms with van der Waals surface area (Å²) in [6.45, 7) is 3.76. The van der Waals surface area contributed by atoms with E-state index < -0.39 is 0 Å². The van der Waals surface area contributed by atoms with Gasteiger partial charge in [-0.05, 0) is 44.4 Å². The first kappa shape index (κ1) is 23.0. The predicted octanol–water partition coefficient (Wildman–Crippen LogP) is 2.31. The van der Waals surface area contributed by atoms with E-state index in [-0.39, 0.29) is 64.9 Å². The van der Waals surface area contributed by atoms with E-state index in [1.807, 2.05) is 0 Å². The third kappa shape index (κ3) is 3.61. The maximum absolute atomic E-state index is 12.8. The van der Waals surface area contributed by atoms with Gasteiger partial charge in [-0.3, -0.25) is 19.5 Å². The van der Waals surface area contributed by atoms with Gasteiger partial charge in [0.2, 0.25) is 11.8 Å². The average Bonchev–Trinajstić information content (AvgIpc) is 3.52. The SMILES string of the molecule is CCOC1CC(NC(=NC)NCCN2C(=O)C3C4C=CC(C4)C3C2=O)C12CCCC2.I. The number of carbonyl (C=O) groups is 2. The molecular weight excluding hydrogens is 507 g/mol. The van der Waals surface area contributed by atoms with Gasteiger partial charge in [0.05, 0.1) is 17.9 Å². The summed E-state index contributed by atoms with van der Waals surface area (Å²) < 4.78 is 6.00. The van der Waals surface area contributed by atoms with Crippen LogP contribution in [0.5, 0.6) is 0 Å². The van der Waals surface area contributed by atoms with Crippen LogP contribution < -0.4 is 10.6 Å². The van der Waals surface area contributed by atoms with Crippen molar-refractivity contribution in [2.75, 3.05) is 26.7 Å². The van der Waals surface area contributed by atoms with Gasteiger partial charge < -0.3 is 15.4 Å². The molecule has 6 atom stereocenters. The molecule has 4 fully saturated rings. The first-order valence-corrected chi connectivity index (χ1v) is 11.7. The molecule has 8 heteroatoms. The lowest BCUT2D eigenvalue weighted by molar-refractivity contribution is -0.140. The highest BCUT2D eigenvalue weighted by molar-refractivity contribution is 14.0. The van der Waals surface area contributed by atoms with Crippen LogP contribution in [0.1, 0.15) is 45.4 Å². The Bertz CT molecular complexity index is 749. The molecule has 4 aliphatic carbocycles. The molecule has 2 bridgehead atoms. The van der Waals surface area contributed by atoms with Crippen LogP contribution in [0.2, 0.25) is 0 Å². The Morgan fingerprint density at radius 3 is 2.39 bits per heavy atom. The van der Waals surface area contributed by atoms with Crippen molar-refractivity contribution in [3.63, 3.8) is 0 Å². The molecule has 3 saturated carbocycles. The van der Waals surface area contributed by atoms with Gasteiger partial charge in [-0.25, -0.2) is 0 Å². The number of amides is 2. The molecule has 0 aromatic carbocycles. The first-order chi connectivity index (χ1) is 14.6. The molecule has 6 unspecified atom stereocenters. The second kappa shape index (κ2) is 9.00. The zero-order valence-electron chi connectivity index (χ0n) is 18.5. The van der Waals surface area contributed by atoms with Crippen molar-refractivity contribution in [2.24, 2.45) is 34.1 Å². The van der Waals surface area contributed by atoms with Crippen molar-refractivity contribution in [3.05, 3.63) is 12.2 Å². The Morgan fingerprint density at radius 2 is 1.81 bits per heavy atom. The van der Waals surface area contributed by atoms with Crippen molar-refractivity contribution in [3.8, 4) is 0 Å². The minimum atomic E-state index is -0.113. The normalized spacial score (nSPS) is 37.2. The summed E-state index contributed by atoms with van der Waals surface area (Å²) in [7, 11) is 1.77. The highest BCUT2D eigenvalue weighted by atomic mass is 127. The zero-order chi connectivity index (χ0) is 20.9. The molecule has 2 amide bonds. The number of guanidine groups is 1. The molecule has 1 aliphatic heterocycles. The van der Waals surface area contributed by atoms with Crippen molar-refractivity contribution in [1.29, 1.82) is 0 Å². The molecule has 5 rings (SSSR count). The second-order valence-electron chi connectivity index (χ2n) is 9.64. The van der Waals surface area contributed by atoms with Crippen LogP contribution in [0.4, 0.5) is 0 Å². The molecule has 1 spiro atoms. The number of fused-ring (bicyclic) bond motifs is 5. The predicted molar refractivity (Wildman–Crippen MR) is 129 cm³/mol. The van der Waals surface area contributed by atoms with E-state index in [1.165, 1.54) is 30.6 Å². The Labute approximate surface area is 201 Å². The van der Waals surface area contributed by atoms with E-state index in [1.54, 1.807) is 7.05 Å². The molecular formula is C23H35IN4O3. The van der Waals surface area contributed by atoms with Gasteiger partial charge in [-0.1, -0.05) is 25.0 Å². The lowest BCUT2D eigenvalue weighted by Gasteiger charge is -2.54. The van der Waals surface area contributed by atoms with Crippen LogP contribution in [-0.2, 0) is 14.3 Å². The molecule has 172 valence electrons. The van der Waals surface area contributed by atoms with E-state index in [0.717, 1.165) is 25.4 Å². The minimum absolute atomic E-state index is 0. The number of hydrogen-bond donors (Lipinski definition) is 2. The lowest BCUT2D eigenvalue weighted by atomic mass is 9.60. The van der Waals surface area contributed by atoms with E-state index >= 15 is 0 Å². The minimum Gasteiger partial charge on any atom is -0.378 e. The van der Waals surface area contributed by atoms with E-state index in [0.29, 0.717) is 25.2 Å². The molecule has 7 nitrogen and oxygen atoms in total. The number of nitrogens with one attached hydrogen (secondary N) is 2. The number of rotatable bonds is 6. The summed E-state index contributed by atoms with van der Waals surface area (Å²) in [6, 6.07) is 0.374. The highest BCUT2D eigenvalue weighted by Gasteiger charge is 2.59. The summed E-state index contributed by atoms with van der Waals surface area (Å²) >= 11 is 0. The summed E-state index contributed by atoms with van der Waals surface area (Å²) in [5.74, 6) is 1.11. The first-order valence-electron chi connectivity index (χ1n) is 11.7. The number of imide groups is 1. The highest BCUT2D eigenvalue weighted by Crippen LogP contribution is 2.55. The smallest absolute Gasteiger partial charge is 0.233 e. The lowest BCUT2D eigenvalue weighted by Crippen LogP contribution is -2.65. The van der Waals surface area contributed by atoms with Crippen LogP contribution in [0.3, 0.4) is 0 Å². The monoisotopic (exact) mass is 542 g/mol. The molecule has 0 aromatic heterocycles. The summed E-state index contributed by atoms with van der Waals surface area (Å²) in [4.78, 5) is 31.5. The van der Waals surface area contributed by atoms with E-state index in [2.05, 4.69) is 34.7 Å². The van der Waals surface area contributed by atoms with Crippen LogP contribution in [0, 0.1) is 29.1 Å². The maximum atomic E-state index is 12.8. The maximum Gasteiger partial charge on any atom is 0.233 e. The van der Waals surface area contributed by atoms with Crippen molar-refractivity contribution in [2.45, 2.75) is 57.6 Å². The van der Waals surface area contributed by atoms with Crippen LogP contribution in [0.25, 0.3) is 0 Å². The standard InChI is InChI=1S/C23H34N4O3.HI/c1-3-30-17-13-16(23(17)8-4-5-9-23)26-22(24-2)25-10-11-27-20(28)18-14-6-7-15(12-14)19(18)21(27)29;/h6-7,14-19H,3-5,8-13H2,1-2H3,(H2,24,25,26);1H. The fourth-order valence-electron chi connectivity index (χ4n) is 6.92. The molecule has 2 N–H and O–H groups in total. The number of aliphatic imine (C=N–C) groups is 1. The zero-order valence-corrected chi connectivity index (χ0v) is 20.8. The molecule has 1 saturated heterocycles. The number of halogens is 1. The van der Waals surface area contributed by atoms with E-state index in [9.17, 15) is 9.59 Å². The number of allylic oxidation sites excluding steroid dienone is 2. The number of hydrogen-bond acceptors (Lipinski definition) is 4. The van der Waals surface area contributed by atoms with Gasteiger partial charge in [-0.15, -0.1) is 24.0 Å². The summed E-state index contributed by atoms with van der Waals surface area (Å²) in [5.41, 5.74) is 0.234. The van der Waals surface area contributed by atoms with Gasteiger partial charge in [-0.2, -0.15) is 0 Å². The Morgan fingerprint density at radius 1 is 1.16 bits per heavy atom. The van der Waals surface area contributed by atoms with Gasteiger partial charge in [0.25, 0.3) is 0 Å². The van der Waals surface area contributed by atoms with Crippen LogP contribution in [0.15, 0.2) is 17.1 Å². The molecule has 5 aliphatic rings. The number of nitrogens with zero attached hydrogens (tertiary/aromatic N) is 2. The van der Waals surface area contributed by atoms with Crippen molar-refractivity contribution >= 4 is 41.8 Å². The second-order valence-corrected chi connectivity index (χ2v) is 9.64. The Kier molecular flexibility index (Phi) is 6.68. The van der Waals surface area contributed by atoms with Gasteiger partial charge in [0, 0.05) is 38.2 Å². The van der Waals surface area contributed by atoms with Gasteiger partial charge in [0.15, 0.2) is 5.96 Å². The number of likely N-dealkylation sites (tertiary alicyclic amines) is 1. The summed E-state index contributed by atoms with van der Waals surface area (Å²) in [6.07, 6.45) is 11.6. The molecule has 0 radical (unpaired) electrons. The van der Waals surface area contributed by atoms with Crippen molar-refractivity contribution < 1.29 is 14.3 Å². The third-order valence-corrected chi connectivity index (χ3v) is 8.41. The molecule has 1 heterocycles. The van der Waals surface area contributed by atoms with E-state index in [4.69, 9.17) is 4.74 Å². The fraction of sp³-hybridized carbons (Fsp3) is 0.783. The number of ether oxygens (including phenoxy) is 1. The molecule has 0 aromatic rings. The Hall–Kier alpha value is -1.16. The van der Waals surface area contributed by atoms with Crippen LogP contribution in [-0.4, -0.2) is 61.6 Å². The largest absolute Gasteiger partial charge is 0.378 e. The number of carbonyl (C=O) groups excluding carboxylic acids is 2. The Balaban J connectivity index is 0.00000231. The fourth-order valence-corrected chi connectivity index (χ4v) is 6.92. The third-order valence-electron chi connectivity index (χ3n) is 8.41.